The third-order valence-corrected chi connectivity index (χ3v) is 5.93. The van der Waals surface area contributed by atoms with Crippen molar-refractivity contribution in [3.63, 3.8) is 0 Å². The van der Waals surface area contributed by atoms with Crippen LogP contribution in [0.25, 0.3) is 0 Å². The Labute approximate surface area is 131 Å². The molecule has 22 heavy (non-hydrogen) atoms. The molecule has 1 heterocycles. The van der Waals surface area contributed by atoms with Crippen LogP contribution in [0.2, 0.25) is 0 Å². The van der Waals surface area contributed by atoms with Crippen LogP contribution in [0.5, 0.6) is 0 Å². The van der Waals surface area contributed by atoms with E-state index in [4.69, 9.17) is 5.73 Å². The van der Waals surface area contributed by atoms with Gasteiger partial charge in [-0.2, -0.15) is 0 Å². The molecule has 0 aromatic heterocycles. The fourth-order valence-electron chi connectivity index (χ4n) is 2.90. The zero-order valence-electron chi connectivity index (χ0n) is 12.3. The molecule has 0 spiro atoms. The van der Waals surface area contributed by atoms with E-state index in [0.29, 0.717) is 10.6 Å². The molecule has 4 nitrogen and oxygen atoms in total. The molecule has 1 atom stereocenters. The Hall–Kier alpha value is -1.85. The molecule has 1 aliphatic heterocycles. The molecule has 3 rings (SSSR count). The van der Waals surface area contributed by atoms with Crippen molar-refractivity contribution in [2.45, 2.75) is 35.1 Å². The van der Waals surface area contributed by atoms with Crippen molar-refractivity contribution >= 4 is 15.5 Å². The van der Waals surface area contributed by atoms with Gasteiger partial charge in [0.1, 0.15) is 0 Å². The van der Waals surface area contributed by atoms with Crippen LogP contribution in [-0.2, 0) is 9.84 Å². The second-order valence-electron chi connectivity index (χ2n) is 5.61. The van der Waals surface area contributed by atoms with Crippen LogP contribution in [-0.4, -0.2) is 15.0 Å². The minimum Gasteiger partial charge on any atom is -0.399 e. The molecule has 1 aliphatic rings. The lowest BCUT2D eigenvalue weighted by Crippen LogP contribution is -2.28. The van der Waals surface area contributed by atoms with Gasteiger partial charge in [-0.05, 0) is 55.3 Å². The zero-order valence-corrected chi connectivity index (χ0v) is 13.1. The molecule has 1 saturated heterocycles. The second kappa shape index (κ2) is 6.10. The predicted octanol–water partition coefficient (Wildman–Crippen LogP) is 2.92. The van der Waals surface area contributed by atoms with Gasteiger partial charge in [0.05, 0.1) is 9.79 Å². The number of sulfone groups is 1. The quantitative estimate of drug-likeness (QED) is 0.854. The van der Waals surface area contributed by atoms with E-state index in [1.807, 2.05) is 12.1 Å². The molecule has 2 aromatic carbocycles. The summed E-state index contributed by atoms with van der Waals surface area (Å²) in [5.74, 6) is 0. The smallest absolute Gasteiger partial charge is 0.206 e. The van der Waals surface area contributed by atoms with Gasteiger partial charge in [0.2, 0.25) is 9.84 Å². The van der Waals surface area contributed by atoms with Gasteiger partial charge in [0, 0.05) is 11.7 Å². The van der Waals surface area contributed by atoms with Gasteiger partial charge in [0.15, 0.2) is 0 Å². The molecular formula is C17H20N2O2S. The highest BCUT2D eigenvalue weighted by Gasteiger charge is 2.25. The lowest BCUT2D eigenvalue weighted by atomic mass is 9.98. The third-order valence-electron chi connectivity index (χ3n) is 4.08. The van der Waals surface area contributed by atoms with E-state index < -0.39 is 9.84 Å². The summed E-state index contributed by atoms with van der Waals surface area (Å²) < 4.78 is 25.9. The summed E-state index contributed by atoms with van der Waals surface area (Å²) in [7, 11) is -3.53. The van der Waals surface area contributed by atoms with Gasteiger partial charge < -0.3 is 11.1 Å². The summed E-state index contributed by atoms with van der Waals surface area (Å²) in [6, 6.07) is 13.7. The van der Waals surface area contributed by atoms with Gasteiger partial charge in [-0.3, -0.25) is 0 Å². The van der Waals surface area contributed by atoms with Gasteiger partial charge in [0.25, 0.3) is 0 Å². The SMILES string of the molecule is Nc1ccc(S(=O)(=O)c2ccccc2[C@H]2CCCCN2)cc1. The Morgan fingerprint density at radius 2 is 1.73 bits per heavy atom. The highest BCUT2D eigenvalue weighted by Crippen LogP contribution is 2.31. The summed E-state index contributed by atoms with van der Waals surface area (Å²) in [5.41, 5.74) is 7.07. The Balaban J connectivity index is 2.05. The Morgan fingerprint density at radius 3 is 2.41 bits per heavy atom. The van der Waals surface area contributed by atoms with E-state index >= 15 is 0 Å². The van der Waals surface area contributed by atoms with E-state index in [2.05, 4.69) is 5.32 Å². The highest BCUT2D eigenvalue weighted by molar-refractivity contribution is 7.91. The number of nitrogen functional groups attached to an aromatic ring is 1. The normalized spacial score (nSPS) is 19.0. The summed E-state index contributed by atoms with van der Waals surface area (Å²) in [6.07, 6.45) is 3.23. The van der Waals surface area contributed by atoms with Crippen LogP contribution in [0.15, 0.2) is 58.3 Å². The largest absolute Gasteiger partial charge is 0.399 e. The van der Waals surface area contributed by atoms with E-state index in [0.717, 1.165) is 31.4 Å². The Bertz CT molecular complexity index is 748. The summed E-state index contributed by atoms with van der Waals surface area (Å²) in [5, 5.41) is 3.42. The molecule has 0 bridgehead atoms. The van der Waals surface area contributed by atoms with Crippen molar-refractivity contribution in [2.24, 2.45) is 0 Å². The number of anilines is 1. The van der Waals surface area contributed by atoms with Crippen molar-refractivity contribution in [1.82, 2.24) is 5.32 Å². The molecule has 0 radical (unpaired) electrons. The van der Waals surface area contributed by atoms with Crippen molar-refractivity contribution in [3.8, 4) is 0 Å². The van der Waals surface area contributed by atoms with E-state index in [1.165, 1.54) is 0 Å². The van der Waals surface area contributed by atoms with Crippen LogP contribution >= 0.6 is 0 Å². The van der Waals surface area contributed by atoms with Crippen LogP contribution in [0, 0.1) is 0 Å². The molecule has 0 saturated carbocycles. The van der Waals surface area contributed by atoms with Crippen molar-refractivity contribution in [2.75, 3.05) is 12.3 Å². The van der Waals surface area contributed by atoms with Crippen LogP contribution in [0.4, 0.5) is 5.69 Å². The van der Waals surface area contributed by atoms with Crippen molar-refractivity contribution in [3.05, 3.63) is 54.1 Å². The van der Waals surface area contributed by atoms with Gasteiger partial charge >= 0.3 is 0 Å². The average Bonchev–Trinajstić information content (AvgIpc) is 2.56. The maximum Gasteiger partial charge on any atom is 0.206 e. The molecule has 0 amide bonds. The first-order valence-electron chi connectivity index (χ1n) is 7.52. The van der Waals surface area contributed by atoms with E-state index in [-0.39, 0.29) is 10.9 Å². The molecule has 116 valence electrons. The van der Waals surface area contributed by atoms with E-state index in [9.17, 15) is 8.42 Å². The first kappa shape index (κ1) is 15.1. The Morgan fingerprint density at radius 1 is 1.00 bits per heavy atom. The monoisotopic (exact) mass is 316 g/mol. The van der Waals surface area contributed by atoms with Crippen LogP contribution in [0.1, 0.15) is 30.9 Å². The number of nitrogens with two attached hydrogens (primary N) is 1. The summed E-state index contributed by atoms with van der Waals surface area (Å²) in [6.45, 7) is 0.931. The molecule has 5 heteroatoms. The minimum atomic E-state index is -3.53. The van der Waals surface area contributed by atoms with Crippen molar-refractivity contribution < 1.29 is 8.42 Å². The average molecular weight is 316 g/mol. The lowest BCUT2D eigenvalue weighted by molar-refractivity contribution is 0.407. The lowest BCUT2D eigenvalue weighted by Gasteiger charge is -2.25. The maximum atomic E-state index is 12.9. The first-order chi connectivity index (χ1) is 10.6. The number of nitrogens with one attached hydrogen (secondary N) is 1. The summed E-state index contributed by atoms with van der Waals surface area (Å²) >= 11 is 0. The second-order valence-corrected chi connectivity index (χ2v) is 7.53. The maximum absolute atomic E-state index is 12.9. The molecular weight excluding hydrogens is 296 g/mol. The number of benzene rings is 2. The number of hydrogen-bond acceptors (Lipinski definition) is 4. The standard InChI is InChI=1S/C17H20N2O2S/c18-13-8-10-14(11-9-13)22(20,21)17-7-2-1-5-15(17)16-6-3-4-12-19-16/h1-2,5,7-11,16,19H,3-4,6,12,18H2/t16-/m1/s1. The number of hydrogen-bond donors (Lipinski definition) is 2. The fraction of sp³-hybridized carbons (Fsp3) is 0.294. The third kappa shape index (κ3) is 2.87. The fourth-order valence-corrected chi connectivity index (χ4v) is 4.43. The molecule has 1 fully saturated rings. The van der Waals surface area contributed by atoms with Gasteiger partial charge in [-0.15, -0.1) is 0 Å². The first-order valence-corrected chi connectivity index (χ1v) is 9.00. The number of piperidine rings is 1. The van der Waals surface area contributed by atoms with Gasteiger partial charge in [-0.25, -0.2) is 8.42 Å². The van der Waals surface area contributed by atoms with Gasteiger partial charge in [-0.1, -0.05) is 24.6 Å². The molecule has 3 N–H and O–H groups in total. The minimum absolute atomic E-state index is 0.105. The van der Waals surface area contributed by atoms with Crippen molar-refractivity contribution in [1.29, 1.82) is 0 Å². The van der Waals surface area contributed by atoms with Crippen LogP contribution < -0.4 is 11.1 Å². The molecule has 0 aliphatic carbocycles. The topological polar surface area (TPSA) is 72.2 Å². The number of rotatable bonds is 3. The molecule has 0 unspecified atom stereocenters. The molecule has 2 aromatic rings. The van der Waals surface area contributed by atoms with E-state index in [1.54, 1.807) is 36.4 Å². The highest BCUT2D eigenvalue weighted by atomic mass is 32.2. The Kier molecular flexibility index (Phi) is 4.18. The predicted molar refractivity (Wildman–Crippen MR) is 87.3 cm³/mol. The summed E-state index contributed by atoms with van der Waals surface area (Å²) in [4.78, 5) is 0.670. The zero-order chi connectivity index (χ0) is 15.6. The van der Waals surface area contributed by atoms with Crippen LogP contribution in [0.3, 0.4) is 0 Å².